The smallest absolute Gasteiger partial charge is 0.0954 e. The van der Waals surface area contributed by atoms with Crippen molar-refractivity contribution in [3.05, 3.63) is 35.4 Å². The van der Waals surface area contributed by atoms with Crippen molar-refractivity contribution < 1.29 is 4.74 Å². The molecule has 1 aliphatic heterocycles. The van der Waals surface area contributed by atoms with Gasteiger partial charge in [-0.05, 0) is 24.1 Å². The quantitative estimate of drug-likeness (QED) is 0.840. The van der Waals surface area contributed by atoms with E-state index in [-0.39, 0.29) is 6.10 Å². The lowest BCUT2D eigenvalue weighted by atomic mass is 9.97. The van der Waals surface area contributed by atoms with Crippen molar-refractivity contribution >= 4 is 0 Å². The minimum absolute atomic E-state index is 0.214. The number of likely N-dealkylation sites (N-methyl/N-ethyl adjacent to an activating group) is 1. The van der Waals surface area contributed by atoms with Crippen LogP contribution in [0.2, 0.25) is 0 Å². The van der Waals surface area contributed by atoms with E-state index in [1.807, 2.05) is 0 Å². The topological polar surface area (TPSA) is 38.5 Å². The van der Waals surface area contributed by atoms with Gasteiger partial charge in [-0.25, -0.2) is 0 Å². The molecule has 94 valence electrons. The molecular weight excluding hydrogens is 212 g/mol. The molecule has 0 amide bonds. The molecule has 1 aromatic rings. The maximum Gasteiger partial charge on any atom is 0.0954 e. The van der Waals surface area contributed by atoms with Gasteiger partial charge in [0.15, 0.2) is 0 Å². The Morgan fingerprint density at radius 3 is 3.00 bits per heavy atom. The van der Waals surface area contributed by atoms with Gasteiger partial charge in [0.25, 0.3) is 0 Å². The van der Waals surface area contributed by atoms with Crippen molar-refractivity contribution in [3.63, 3.8) is 0 Å². The minimum Gasteiger partial charge on any atom is -0.372 e. The van der Waals surface area contributed by atoms with Crippen LogP contribution in [0.1, 0.15) is 24.2 Å². The number of fused-ring (bicyclic) bond motifs is 1. The SMILES string of the molecule is CCN(CCN)CC1OCCc2ccccc21. The molecule has 3 heteroatoms. The fourth-order valence-corrected chi connectivity index (χ4v) is 2.42. The molecule has 3 nitrogen and oxygen atoms in total. The first-order valence-electron chi connectivity index (χ1n) is 6.47. The van der Waals surface area contributed by atoms with E-state index in [2.05, 4.69) is 36.1 Å². The Morgan fingerprint density at radius 1 is 1.41 bits per heavy atom. The standard InChI is InChI=1S/C14H22N2O/c1-2-16(9-8-15)11-14-13-6-4-3-5-12(13)7-10-17-14/h3-6,14H,2,7-11,15H2,1H3. The van der Waals surface area contributed by atoms with Gasteiger partial charge in [-0.2, -0.15) is 0 Å². The number of nitrogens with two attached hydrogens (primary N) is 1. The van der Waals surface area contributed by atoms with Crippen LogP contribution in [0.3, 0.4) is 0 Å². The van der Waals surface area contributed by atoms with Crippen molar-refractivity contribution in [2.24, 2.45) is 5.73 Å². The molecular formula is C14H22N2O. The second-order valence-electron chi connectivity index (χ2n) is 4.49. The largest absolute Gasteiger partial charge is 0.372 e. The van der Waals surface area contributed by atoms with Crippen LogP contribution in [-0.4, -0.2) is 37.7 Å². The van der Waals surface area contributed by atoms with Crippen molar-refractivity contribution in [1.29, 1.82) is 0 Å². The average Bonchev–Trinajstić information content (AvgIpc) is 2.38. The third-order valence-electron chi connectivity index (χ3n) is 3.41. The van der Waals surface area contributed by atoms with Crippen LogP contribution in [0.15, 0.2) is 24.3 Å². The summed E-state index contributed by atoms with van der Waals surface area (Å²) in [6.45, 7) is 6.64. The van der Waals surface area contributed by atoms with Gasteiger partial charge in [-0.15, -0.1) is 0 Å². The van der Waals surface area contributed by atoms with Crippen LogP contribution in [-0.2, 0) is 11.2 Å². The fourth-order valence-electron chi connectivity index (χ4n) is 2.42. The first kappa shape index (κ1) is 12.6. The minimum atomic E-state index is 0.214. The van der Waals surface area contributed by atoms with Crippen molar-refractivity contribution in [1.82, 2.24) is 4.90 Å². The Balaban J connectivity index is 2.07. The lowest BCUT2D eigenvalue weighted by Gasteiger charge is -2.30. The summed E-state index contributed by atoms with van der Waals surface area (Å²) in [7, 11) is 0. The van der Waals surface area contributed by atoms with E-state index >= 15 is 0 Å². The maximum absolute atomic E-state index is 5.90. The van der Waals surface area contributed by atoms with Crippen molar-refractivity contribution in [2.45, 2.75) is 19.4 Å². The molecule has 1 atom stereocenters. The molecule has 0 saturated carbocycles. The predicted molar refractivity (Wildman–Crippen MR) is 70.0 cm³/mol. The Labute approximate surface area is 104 Å². The second-order valence-corrected chi connectivity index (χ2v) is 4.49. The van der Waals surface area contributed by atoms with E-state index < -0.39 is 0 Å². The number of rotatable bonds is 5. The van der Waals surface area contributed by atoms with Gasteiger partial charge < -0.3 is 10.5 Å². The van der Waals surface area contributed by atoms with Crippen LogP contribution < -0.4 is 5.73 Å². The van der Waals surface area contributed by atoms with E-state index in [1.54, 1.807) is 0 Å². The second kappa shape index (κ2) is 6.15. The van der Waals surface area contributed by atoms with Crippen LogP contribution in [0.4, 0.5) is 0 Å². The molecule has 1 heterocycles. The maximum atomic E-state index is 5.90. The molecule has 1 aliphatic rings. The van der Waals surface area contributed by atoms with Gasteiger partial charge in [0, 0.05) is 19.6 Å². The highest BCUT2D eigenvalue weighted by Crippen LogP contribution is 2.27. The average molecular weight is 234 g/mol. The van der Waals surface area contributed by atoms with E-state index in [0.29, 0.717) is 6.54 Å². The summed E-state index contributed by atoms with van der Waals surface area (Å²) < 4.78 is 5.90. The highest BCUT2D eigenvalue weighted by Gasteiger charge is 2.21. The van der Waals surface area contributed by atoms with E-state index in [1.165, 1.54) is 11.1 Å². The highest BCUT2D eigenvalue weighted by molar-refractivity contribution is 5.31. The molecule has 0 bridgehead atoms. The molecule has 0 saturated heterocycles. The van der Waals surface area contributed by atoms with Gasteiger partial charge in [0.05, 0.1) is 12.7 Å². The molecule has 0 radical (unpaired) electrons. The first-order valence-corrected chi connectivity index (χ1v) is 6.47. The van der Waals surface area contributed by atoms with Crippen LogP contribution in [0.25, 0.3) is 0 Å². The zero-order valence-electron chi connectivity index (χ0n) is 10.6. The molecule has 0 aliphatic carbocycles. The third-order valence-corrected chi connectivity index (χ3v) is 3.41. The van der Waals surface area contributed by atoms with Crippen LogP contribution in [0, 0.1) is 0 Å². The van der Waals surface area contributed by atoms with Gasteiger partial charge >= 0.3 is 0 Å². The molecule has 1 unspecified atom stereocenters. The zero-order chi connectivity index (χ0) is 12.1. The Hall–Kier alpha value is -0.900. The summed E-state index contributed by atoms with van der Waals surface area (Å²) in [5, 5.41) is 0. The number of hydrogen-bond donors (Lipinski definition) is 1. The zero-order valence-corrected chi connectivity index (χ0v) is 10.6. The van der Waals surface area contributed by atoms with Crippen molar-refractivity contribution in [3.8, 4) is 0 Å². The van der Waals surface area contributed by atoms with Crippen molar-refractivity contribution in [2.75, 3.05) is 32.8 Å². The monoisotopic (exact) mass is 234 g/mol. The number of ether oxygens (including phenoxy) is 1. The summed E-state index contributed by atoms with van der Waals surface area (Å²) in [6.07, 6.45) is 1.25. The summed E-state index contributed by atoms with van der Waals surface area (Å²) in [4.78, 5) is 2.35. The third kappa shape index (κ3) is 3.06. The molecule has 17 heavy (non-hydrogen) atoms. The fraction of sp³-hybridized carbons (Fsp3) is 0.571. The van der Waals surface area contributed by atoms with Crippen LogP contribution >= 0.6 is 0 Å². The molecule has 0 fully saturated rings. The van der Waals surface area contributed by atoms with E-state index in [9.17, 15) is 0 Å². The number of hydrogen-bond acceptors (Lipinski definition) is 3. The van der Waals surface area contributed by atoms with E-state index in [0.717, 1.165) is 32.7 Å². The molecule has 1 aromatic carbocycles. The molecule has 0 spiro atoms. The van der Waals surface area contributed by atoms with Gasteiger partial charge in [-0.3, -0.25) is 4.90 Å². The Morgan fingerprint density at radius 2 is 2.24 bits per heavy atom. The normalized spacial score (nSPS) is 19.4. The first-order chi connectivity index (χ1) is 8.35. The van der Waals surface area contributed by atoms with Gasteiger partial charge in [0.1, 0.15) is 0 Å². The Bertz CT molecular complexity index is 354. The molecule has 0 aromatic heterocycles. The lowest BCUT2D eigenvalue weighted by Crippen LogP contribution is -2.35. The Kier molecular flexibility index (Phi) is 4.54. The lowest BCUT2D eigenvalue weighted by molar-refractivity contribution is 0.0175. The number of benzene rings is 1. The predicted octanol–water partition coefficient (Wildman–Crippen LogP) is 1.58. The van der Waals surface area contributed by atoms with Gasteiger partial charge in [0.2, 0.25) is 0 Å². The summed E-state index contributed by atoms with van der Waals surface area (Å²) >= 11 is 0. The molecule has 2 rings (SSSR count). The number of nitrogens with zero attached hydrogens (tertiary/aromatic N) is 1. The summed E-state index contributed by atoms with van der Waals surface area (Å²) in [5.41, 5.74) is 8.42. The van der Waals surface area contributed by atoms with Crippen LogP contribution in [0.5, 0.6) is 0 Å². The summed E-state index contributed by atoms with van der Waals surface area (Å²) in [6, 6.07) is 8.61. The van der Waals surface area contributed by atoms with Gasteiger partial charge in [-0.1, -0.05) is 31.2 Å². The molecule has 2 N–H and O–H groups in total. The highest BCUT2D eigenvalue weighted by atomic mass is 16.5. The summed E-state index contributed by atoms with van der Waals surface area (Å²) in [5.74, 6) is 0. The van der Waals surface area contributed by atoms with E-state index in [4.69, 9.17) is 10.5 Å².